The van der Waals surface area contributed by atoms with Gasteiger partial charge < -0.3 is 15.4 Å². The van der Waals surface area contributed by atoms with Gasteiger partial charge in [0, 0.05) is 26.2 Å². The highest BCUT2D eigenvalue weighted by Crippen LogP contribution is 2.21. The van der Waals surface area contributed by atoms with Crippen LogP contribution in [0.4, 0.5) is 0 Å². The molecule has 3 unspecified atom stereocenters. The summed E-state index contributed by atoms with van der Waals surface area (Å²) < 4.78 is 5.57. The van der Waals surface area contributed by atoms with Crippen LogP contribution in [0.3, 0.4) is 0 Å². The van der Waals surface area contributed by atoms with Crippen molar-refractivity contribution in [3.63, 3.8) is 0 Å². The van der Waals surface area contributed by atoms with Crippen LogP contribution in [0.2, 0.25) is 0 Å². The van der Waals surface area contributed by atoms with Gasteiger partial charge in [0.1, 0.15) is 0 Å². The van der Waals surface area contributed by atoms with Crippen LogP contribution in [0.15, 0.2) is 24.3 Å². The first-order chi connectivity index (χ1) is 9.60. The fraction of sp³-hybridized carbons (Fsp3) is 0.647. The van der Waals surface area contributed by atoms with Crippen molar-refractivity contribution in [2.45, 2.75) is 38.8 Å². The number of hydrogen-bond acceptors (Lipinski definition) is 3. The van der Waals surface area contributed by atoms with E-state index in [-0.39, 0.29) is 6.04 Å². The van der Waals surface area contributed by atoms with Crippen molar-refractivity contribution in [2.24, 2.45) is 11.7 Å². The molecule has 0 amide bonds. The molecule has 1 aliphatic heterocycles. The zero-order chi connectivity index (χ0) is 14.5. The van der Waals surface area contributed by atoms with Crippen LogP contribution < -0.4 is 5.73 Å². The summed E-state index contributed by atoms with van der Waals surface area (Å²) in [6.45, 7) is 7.65. The Labute approximate surface area is 123 Å². The average Bonchev–Trinajstić information content (AvgIpc) is 2.46. The van der Waals surface area contributed by atoms with Crippen LogP contribution in [-0.2, 0) is 4.74 Å². The quantitative estimate of drug-likeness (QED) is 0.898. The molecule has 3 atom stereocenters. The second-order valence-corrected chi connectivity index (χ2v) is 6.15. The molecule has 1 aromatic rings. The number of methoxy groups -OCH3 is 1. The van der Waals surface area contributed by atoms with Crippen LogP contribution in [0, 0.1) is 12.8 Å². The largest absolute Gasteiger partial charge is 0.380 e. The molecule has 1 heterocycles. The second-order valence-electron chi connectivity index (χ2n) is 6.15. The molecule has 3 nitrogen and oxygen atoms in total. The Morgan fingerprint density at radius 3 is 2.70 bits per heavy atom. The number of rotatable bonds is 5. The predicted molar refractivity (Wildman–Crippen MR) is 83.7 cm³/mol. The first kappa shape index (κ1) is 15.5. The zero-order valence-electron chi connectivity index (χ0n) is 13.0. The van der Waals surface area contributed by atoms with Crippen LogP contribution in [-0.4, -0.2) is 37.7 Å². The molecule has 0 saturated carbocycles. The van der Waals surface area contributed by atoms with Crippen molar-refractivity contribution in [3.8, 4) is 0 Å². The normalized spacial score (nSPS) is 25.6. The molecule has 20 heavy (non-hydrogen) atoms. The van der Waals surface area contributed by atoms with Gasteiger partial charge >= 0.3 is 0 Å². The summed E-state index contributed by atoms with van der Waals surface area (Å²) in [4.78, 5) is 2.49. The molecule has 2 N–H and O–H groups in total. The third-order valence-electron chi connectivity index (χ3n) is 4.54. The monoisotopic (exact) mass is 276 g/mol. The summed E-state index contributed by atoms with van der Waals surface area (Å²) in [5, 5.41) is 0. The number of benzene rings is 1. The number of hydrogen-bond donors (Lipinski definition) is 1. The first-order valence-corrected chi connectivity index (χ1v) is 7.67. The van der Waals surface area contributed by atoms with Gasteiger partial charge in [-0.2, -0.15) is 0 Å². The Kier molecular flexibility index (Phi) is 5.58. The zero-order valence-corrected chi connectivity index (χ0v) is 13.0. The summed E-state index contributed by atoms with van der Waals surface area (Å²) >= 11 is 0. The Bertz CT molecular complexity index is 404. The van der Waals surface area contributed by atoms with E-state index >= 15 is 0 Å². The highest BCUT2D eigenvalue weighted by Gasteiger charge is 2.25. The van der Waals surface area contributed by atoms with E-state index in [9.17, 15) is 0 Å². The van der Waals surface area contributed by atoms with Gasteiger partial charge in [-0.1, -0.05) is 36.8 Å². The van der Waals surface area contributed by atoms with Crippen LogP contribution >= 0.6 is 0 Å². The minimum Gasteiger partial charge on any atom is -0.380 e. The number of ether oxygens (including phenoxy) is 1. The molecular formula is C17H28N2O. The number of piperidine rings is 1. The molecule has 112 valence electrons. The van der Waals surface area contributed by atoms with Crippen molar-refractivity contribution in [2.75, 3.05) is 26.7 Å². The van der Waals surface area contributed by atoms with E-state index in [4.69, 9.17) is 10.5 Å². The molecule has 3 heteroatoms. The molecule has 0 bridgehead atoms. The lowest BCUT2D eigenvalue weighted by atomic mass is 9.95. The Hall–Kier alpha value is -0.900. The van der Waals surface area contributed by atoms with Gasteiger partial charge in [0.25, 0.3) is 0 Å². The molecule has 2 rings (SSSR count). The number of nitrogens with two attached hydrogens (primary N) is 1. The van der Waals surface area contributed by atoms with Crippen LogP contribution in [0.25, 0.3) is 0 Å². The van der Waals surface area contributed by atoms with Gasteiger partial charge in [-0.15, -0.1) is 0 Å². The van der Waals surface area contributed by atoms with Crippen molar-refractivity contribution < 1.29 is 4.74 Å². The Balaban J connectivity index is 1.81. The van der Waals surface area contributed by atoms with Crippen LogP contribution in [0.5, 0.6) is 0 Å². The van der Waals surface area contributed by atoms with Gasteiger partial charge in [0.2, 0.25) is 0 Å². The standard InChI is InChI=1S/C17H28N2O/c1-13-4-6-15(7-5-13)16(18)9-11-19-10-8-14(2)17(12-19)20-3/h4-7,14,16-17H,8-12,18H2,1-3H3. The van der Waals surface area contributed by atoms with Gasteiger partial charge in [-0.3, -0.25) is 0 Å². The lowest BCUT2D eigenvalue weighted by Crippen LogP contribution is -2.44. The highest BCUT2D eigenvalue weighted by molar-refractivity contribution is 5.23. The second kappa shape index (κ2) is 7.21. The van der Waals surface area contributed by atoms with Gasteiger partial charge in [0.05, 0.1) is 6.10 Å². The number of nitrogens with zero attached hydrogens (tertiary/aromatic N) is 1. The first-order valence-electron chi connectivity index (χ1n) is 7.67. The Morgan fingerprint density at radius 1 is 1.35 bits per heavy atom. The van der Waals surface area contributed by atoms with E-state index in [1.54, 1.807) is 0 Å². The van der Waals surface area contributed by atoms with E-state index < -0.39 is 0 Å². The highest BCUT2D eigenvalue weighted by atomic mass is 16.5. The third kappa shape index (κ3) is 4.05. The fourth-order valence-corrected chi connectivity index (χ4v) is 2.91. The summed E-state index contributed by atoms with van der Waals surface area (Å²) in [6, 6.07) is 8.71. The molecule has 1 aromatic carbocycles. The molecule has 0 radical (unpaired) electrons. The number of likely N-dealkylation sites (tertiary alicyclic amines) is 1. The van der Waals surface area contributed by atoms with E-state index in [2.05, 4.69) is 43.0 Å². The minimum atomic E-state index is 0.135. The maximum absolute atomic E-state index is 6.30. The average molecular weight is 276 g/mol. The topological polar surface area (TPSA) is 38.5 Å². The van der Waals surface area contributed by atoms with Gasteiger partial charge in [0.15, 0.2) is 0 Å². The summed E-state index contributed by atoms with van der Waals surface area (Å²) in [5.74, 6) is 0.669. The van der Waals surface area contributed by atoms with E-state index in [0.29, 0.717) is 12.0 Å². The predicted octanol–water partition coefficient (Wildman–Crippen LogP) is 2.74. The van der Waals surface area contributed by atoms with Gasteiger partial charge in [-0.25, -0.2) is 0 Å². The van der Waals surface area contributed by atoms with Gasteiger partial charge in [-0.05, 0) is 37.8 Å². The molecule has 0 spiro atoms. The van der Waals surface area contributed by atoms with E-state index in [1.165, 1.54) is 24.1 Å². The minimum absolute atomic E-state index is 0.135. The SMILES string of the molecule is COC1CN(CCC(N)c2ccc(C)cc2)CCC1C. The maximum Gasteiger partial charge on any atom is 0.0724 e. The van der Waals surface area contributed by atoms with Crippen molar-refractivity contribution in [1.29, 1.82) is 0 Å². The summed E-state index contributed by atoms with van der Waals surface area (Å²) in [6.07, 6.45) is 2.60. The van der Waals surface area contributed by atoms with E-state index in [0.717, 1.165) is 19.5 Å². The van der Waals surface area contributed by atoms with Crippen molar-refractivity contribution in [1.82, 2.24) is 4.90 Å². The smallest absolute Gasteiger partial charge is 0.0724 e. The molecule has 0 aliphatic carbocycles. The summed E-state index contributed by atoms with van der Waals surface area (Å²) in [7, 11) is 1.82. The summed E-state index contributed by atoms with van der Waals surface area (Å²) in [5.41, 5.74) is 8.82. The van der Waals surface area contributed by atoms with Crippen LogP contribution in [0.1, 0.15) is 36.9 Å². The molecule has 0 aromatic heterocycles. The number of aryl methyl sites for hydroxylation is 1. The Morgan fingerprint density at radius 2 is 2.05 bits per heavy atom. The lowest BCUT2D eigenvalue weighted by Gasteiger charge is -2.36. The third-order valence-corrected chi connectivity index (χ3v) is 4.54. The van der Waals surface area contributed by atoms with Crippen molar-refractivity contribution >= 4 is 0 Å². The molecule has 1 saturated heterocycles. The lowest BCUT2D eigenvalue weighted by molar-refractivity contribution is -0.00555. The molecular weight excluding hydrogens is 248 g/mol. The maximum atomic E-state index is 6.30. The van der Waals surface area contributed by atoms with E-state index in [1.807, 2.05) is 7.11 Å². The molecule has 1 aliphatic rings. The fourth-order valence-electron chi connectivity index (χ4n) is 2.91. The van der Waals surface area contributed by atoms with Crippen molar-refractivity contribution in [3.05, 3.63) is 35.4 Å². The molecule has 1 fully saturated rings.